The number of hydrogen-bond donors (Lipinski definition) is 0. The zero-order chi connectivity index (χ0) is 16.5. The van der Waals surface area contributed by atoms with E-state index in [0.29, 0.717) is 5.92 Å². The first-order valence-corrected chi connectivity index (χ1v) is 8.59. The Kier molecular flexibility index (Phi) is 4.00. The zero-order valence-electron chi connectivity index (χ0n) is 14.3. The van der Waals surface area contributed by atoms with Crippen LogP contribution < -0.4 is 14.4 Å². The first kappa shape index (κ1) is 15.2. The number of aryl methyl sites for hydroxylation is 1. The van der Waals surface area contributed by atoms with Gasteiger partial charge < -0.3 is 14.4 Å². The number of ether oxygens (including phenoxy) is 2. The Morgan fingerprint density at radius 1 is 1.12 bits per heavy atom. The van der Waals surface area contributed by atoms with Crippen LogP contribution in [0.1, 0.15) is 35.6 Å². The zero-order valence-corrected chi connectivity index (χ0v) is 14.3. The molecule has 1 aliphatic heterocycles. The van der Waals surface area contributed by atoms with E-state index in [1.165, 1.54) is 23.2 Å². The minimum atomic E-state index is 0.432. The summed E-state index contributed by atoms with van der Waals surface area (Å²) >= 11 is 0. The van der Waals surface area contributed by atoms with Gasteiger partial charge in [0.2, 0.25) is 0 Å². The highest BCUT2D eigenvalue weighted by molar-refractivity contribution is 5.53. The molecule has 0 spiro atoms. The van der Waals surface area contributed by atoms with Gasteiger partial charge in [0.25, 0.3) is 0 Å². The van der Waals surface area contributed by atoms with E-state index >= 15 is 0 Å². The van der Waals surface area contributed by atoms with Gasteiger partial charge in [-0.1, -0.05) is 0 Å². The second kappa shape index (κ2) is 6.30. The number of hydrogen-bond acceptors (Lipinski definition) is 5. The summed E-state index contributed by atoms with van der Waals surface area (Å²) in [7, 11) is 3.44. The molecule has 0 radical (unpaired) electrons. The van der Waals surface area contributed by atoms with Crippen molar-refractivity contribution in [2.24, 2.45) is 0 Å². The van der Waals surface area contributed by atoms with E-state index in [2.05, 4.69) is 20.9 Å². The number of methoxy groups -OCH3 is 2. The van der Waals surface area contributed by atoms with E-state index in [4.69, 9.17) is 9.47 Å². The molecular formula is C19H23N3O2. The van der Waals surface area contributed by atoms with Crippen molar-refractivity contribution in [3.05, 3.63) is 41.3 Å². The van der Waals surface area contributed by atoms with Crippen molar-refractivity contribution < 1.29 is 9.47 Å². The SMILES string of the molecule is COc1ccc(OC)c(C2CCN(c3ncnc4c3CCC4)C2)c1. The number of fused-ring (bicyclic) bond motifs is 1. The molecule has 126 valence electrons. The van der Waals surface area contributed by atoms with Crippen molar-refractivity contribution in [2.75, 3.05) is 32.2 Å². The number of benzene rings is 1. The van der Waals surface area contributed by atoms with Gasteiger partial charge in [-0.25, -0.2) is 9.97 Å². The van der Waals surface area contributed by atoms with Gasteiger partial charge in [0.05, 0.1) is 14.2 Å². The van der Waals surface area contributed by atoms with Crippen LogP contribution >= 0.6 is 0 Å². The molecule has 5 heteroatoms. The lowest BCUT2D eigenvalue weighted by Gasteiger charge is -2.21. The molecule has 24 heavy (non-hydrogen) atoms. The molecule has 4 rings (SSSR count). The highest BCUT2D eigenvalue weighted by Gasteiger charge is 2.30. The van der Waals surface area contributed by atoms with Gasteiger partial charge in [0.15, 0.2) is 0 Å². The molecule has 1 saturated heterocycles. The molecule has 1 unspecified atom stereocenters. The largest absolute Gasteiger partial charge is 0.497 e. The van der Waals surface area contributed by atoms with E-state index in [-0.39, 0.29) is 0 Å². The molecule has 2 heterocycles. The molecule has 2 aromatic rings. The first-order chi connectivity index (χ1) is 11.8. The Morgan fingerprint density at radius 3 is 2.88 bits per heavy atom. The van der Waals surface area contributed by atoms with Crippen LogP contribution in [0.4, 0.5) is 5.82 Å². The molecule has 1 atom stereocenters. The molecule has 1 fully saturated rings. The van der Waals surface area contributed by atoms with Gasteiger partial charge in [-0.05, 0) is 43.9 Å². The van der Waals surface area contributed by atoms with Crippen molar-refractivity contribution in [1.82, 2.24) is 9.97 Å². The van der Waals surface area contributed by atoms with Gasteiger partial charge >= 0.3 is 0 Å². The van der Waals surface area contributed by atoms with Crippen molar-refractivity contribution >= 4 is 5.82 Å². The highest BCUT2D eigenvalue weighted by atomic mass is 16.5. The topological polar surface area (TPSA) is 47.5 Å². The lowest BCUT2D eigenvalue weighted by molar-refractivity contribution is 0.396. The molecule has 0 amide bonds. The summed E-state index contributed by atoms with van der Waals surface area (Å²) in [5.41, 5.74) is 3.82. The second-order valence-corrected chi connectivity index (χ2v) is 6.52. The first-order valence-electron chi connectivity index (χ1n) is 8.59. The Bertz CT molecular complexity index is 747. The molecular weight excluding hydrogens is 302 g/mol. The van der Waals surface area contributed by atoms with E-state index in [1.54, 1.807) is 20.5 Å². The standard InChI is InChI=1S/C19H23N3O2/c1-23-14-6-7-18(24-2)16(10-14)13-8-9-22(11-13)19-15-4-3-5-17(15)20-12-21-19/h6-7,10,12-13H,3-5,8-9,11H2,1-2H3. The second-order valence-electron chi connectivity index (χ2n) is 6.52. The van der Waals surface area contributed by atoms with Crippen LogP contribution in [0.5, 0.6) is 11.5 Å². The minimum absolute atomic E-state index is 0.432. The molecule has 0 bridgehead atoms. The average Bonchev–Trinajstić information content (AvgIpc) is 3.30. The molecule has 0 N–H and O–H groups in total. The summed E-state index contributed by atoms with van der Waals surface area (Å²) in [4.78, 5) is 11.5. The normalized spacial score (nSPS) is 19.4. The van der Waals surface area contributed by atoms with Gasteiger partial charge in [0.1, 0.15) is 23.6 Å². The monoisotopic (exact) mass is 325 g/mol. The fraction of sp³-hybridized carbons (Fsp3) is 0.474. The van der Waals surface area contributed by atoms with Gasteiger partial charge in [0, 0.05) is 35.8 Å². The van der Waals surface area contributed by atoms with Crippen molar-refractivity contribution in [1.29, 1.82) is 0 Å². The minimum Gasteiger partial charge on any atom is -0.497 e. The van der Waals surface area contributed by atoms with Crippen LogP contribution in [0.2, 0.25) is 0 Å². The maximum Gasteiger partial charge on any atom is 0.135 e. The Morgan fingerprint density at radius 2 is 2.04 bits per heavy atom. The third-order valence-electron chi connectivity index (χ3n) is 5.22. The molecule has 2 aliphatic rings. The average molecular weight is 325 g/mol. The van der Waals surface area contributed by atoms with Gasteiger partial charge in [-0.2, -0.15) is 0 Å². The summed E-state index contributed by atoms with van der Waals surface area (Å²) in [6.45, 7) is 1.99. The lowest BCUT2D eigenvalue weighted by Crippen LogP contribution is -2.22. The lowest BCUT2D eigenvalue weighted by atomic mass is 9.97. The smallest absolute Gasteiger partial charge is 0.135 e. The summed E-state index contributed by atoms with van der Waals surface area (Å²) in [5, 5.41) is 0. The van der Waals surface area contributed by atoms with E-state index in [1.807, 2.05) is 12.1 Å². The summed E-state index contributed by atoms with van der Waals surface area (Å²) in [6, 6.07) is 6.06. The number of anilines is 1. The Balaban J connectivity index is 1.60. The van der Waals surface area contributed by atoms with Crippen LogP contribution in [-0.4, -0.2) is 37.3 Å². The molecule has 0 saturated carbocycles. The number of nitrogens with zero attached hydrogens (tertiary/aromatic N) is 3. The fourth-order valence-corrected chi connectivity index (χ4v) is 3.98. The maximum absolute atomic E-state index is 5.57. The van der Waals surface area contributed by atoms with E-state index in [9.17, 15) is 0 Å². The van der Waals surface area contributed by atoms with Crippen LogP contribution in [0.25, 0.3) is 0 Å². The summed E-state index contributed by atoms with van der Waals surface area (Å²) < 4.78 is 11.0. The highest BCUT2D eigenvalue weighted by Crippen LogP contribution is 2.38. The third kappa shape index (κ3) is 2.58. The molecule has 1 aliphatic carbocycles. The Hall–Kier alpha value is -2.30. The van der Waals surface area contributed by atoms with E-state index in [0.717, 1.165) is 49.7 Å². The summed E-state index contributed by atoms with van der Waals surface area (Å²) in [5.74, 6) is 3.40. The number of aromatic nitrogens is 2. The summed E-state index contributed by atoms with van der Waals surface area (Å²) in [6.07, 6.45) is 6.21. The Labute approximate surface area is 142 Å². The van der Waals surface area contributed by atoms with Gasteiger partial charge in [-0.15, -0.1) is 0 Å². The molecule has 1 aromatic heterocycles. The predicted octanol–water partition coefficient (Wildman–Crippen LogP) is 2.98. The van der Waals surface area contributed by atoms with Crippen molar-refractivity contribution in [3.63, 3.8) is 0 Å². The molecule has 1 aromatic carbocycles. The van der Waals surface area contributed by atoms with Crippen LogP contribution in [0.15, 0.2) is 24.5 Å². The fourth-order valence-electron chi connectivity index (χ4n) is 3.98. The predicted molar refractivity (Wildman–Crippen MR) is 93.2 cm³/mol. The van der Waals surface area contributed by atoms with Crippen molar-refractivity contribution in [3.8, 4) is 11.5 Å². The van der Waals surface area contributed by atoms with Gasteiger partial charge in [-0.3, -0.25) is 0 Å². The van der Waals surface area contributed by atoms with Crippen LogP contribution in [-0.2, 0) is 12.8 Å². The maximum atomic E-state index is 5.57. The third-order valence-corrected chi connectivity index (χ3v) is 5.22. The number of rotatable bonds is 4. The quantitative estimate of drug-likeness (QED) is 0.865. The van der Waals surface area contributed by atoms with E-state index < -0.39 is 0 Å². The van der Waals surface area contributed by atoms with Crippen LogP contribution in [0.3, 0.4) is 0 Å². The van der Waals surface area contributed by atoms with Crippen LogP contribution in [0, 0.1) is 0 Å². The van der Waals surface area contributed by atoms with Crippen molar-refractivity contribution in [2.45, 2.75) is 31.6 Å². The molecule has 5 nitrogen and oxygen atoms in total.